The monoisotopic (exact) mass is 338 g/mol. The van der Waals surface area contributed by atoms with Crippen LogP contribution < -0.4 is 10.5 Å². The van der Waals surface area contributed by atoms with E-state index in [1.165, 1.54) is 12.0 Å². The van der Waals surface area contributed by atoms with Crippen molar-refractivity contribution in [1.82, 2.24) is 4.90 Å². The summed E-state index contributed by atoms with van der Waals surface area (Å²) >= 11 is 0. The van der Waals surface area contributed by atoms with Crippen LogP contribution in [0, 0.1) is 17.8 Å². The Kier molecular flexibility index (Phi) is 5.93. The molecule has 1 aliphatic carbocycles. The van der Waals surface area contributed by atoms with Crippen LogP contribution in [-0.4, -0.2) is 37.0 Å². The van der Waals surface area contributed by atoms with Gasteiger partial charge in [0.15, 0.2) is 0 Å². The molecule has 1 heterocycles. The van der Waals surface area contributed by atoms with Crippen molar-refractivity contribution >= 4 is 18.3 Å². The largest absolute Gasteiger partial charge is 0.497 e. The highest BCUT2D eigenvalue weighted by molar-refractivity contribution is 5.85. The maximum absolute atomic E-state index is 12.7. The lowest BCUT2D eigenvalue weighted by Crippen LogP contribution is -2.36. The van der Waals surface area contributed by atoms with Crippen molar-refractivity contribution in [1.29, 1.82) is 0 Å². The average molecular weight is 339 g/mol. The number of amides is 1. The molecule has 1 saturated carbocycles. The molecule has 0 bridgehead atoms. The molecule has 1 aromatic carbocycles. The summed E-state index contributed by atoms with van der Waals surface area (Å²) in [4.78, 5) is 14.7. The Balaban J connectivity index is 0.00000192. The van der Waals surface area contributed by atoms with Crippen LogP contribution in [0.2, 0.25) is 0 Å². The molecule has 0 spiro atoms. The van der Waals surface area contributed by atoms with E-state index in [-0.39, 0.29) is 24.2 Å². The summed E-state index contributed by atoms with van der Waals surface area (Å²) in [5, 5.41) is 0. The summed E-state index contributed by atoms with van der Waals surface area (Å²) < 4.78 is 5.17. The second-order valence-electron chi connectivity index (χ2n) is 6.86. The van der Waals surface area contributed by atoms with Gasteiger partial charge in [0.05, 0.1) is 7.11 Å². The van der Waals surface area contributed by atoms with Crippen LogP contribution in [-0.2, 0) is 11.2 Å². The Hall–Kier alpha value is -1.26. The van der Waals surface area contributed by atoms with Crippen LogP contribution in [0.3, 0.4) is 0 Å². The lowest BCUT2D eigenvalue weighted by atomic mass is 9.98. The van der Waals surface area contributed by atoms with Crippen LogP contribution >= 0.6 is 12.4 Å². The number of fused-ring (bicyclic) bond motifs is 1. The van der Waals surface area contributed by atoms with E-state index in [0.717, 1.165) is 31.7 Å². The van der Waals surface area contributed by atoms with E-state index in [1.807, 2.05) is 36.1 Å². The van der Waals surface area contributed by atoms with Gasteiger partial charge in [-0.3, -0.25) is 4.79 Å². The van der Waals surface area contributed by atoms with Crippen LogP contribution in [0.15, 0.2) is 24.3 Å². The fourth-order valence-corrected chi connectivity index (χ4v) is 4.00. The molecule has 1 aliphatic heterocycles. The number of ether oxygens (including phenoxy) is 1. The summed E-state index contributed by atoms with van der Waals surface area (Å²) in [6, 6.07) is 8.27. The number of nitrogens with zero attached hydrogens (tertiary/aromatic N) is 1. The normalized spacial score (nSPS) is 27.3. The van der Waals surface area contributed by atoms with Gasteiger partial charge in [0, 0.05) is 25.0 Å². The molecule has 23 heavy (non-hydrogen) atoms. The molecule has 0 aromatic heterocycles. The molecule has 5 heteroatoms. The van der Waals surface area contributed by atoms with Crippen LogP contribution in [0.25, 0.3) is 0 Å². The number of carbonyl (C=O) groups excluding carboxylic acids is 1. The third-order valence-corrected chi connectivity index (χ3v) is 5.35. The third kappa shape index (κ3) is 3.81. The average Bonchev–Trinajstić information content (AvgIpc) is 3.10. The second-order valence-corrected chi connectivity index (χ2v) is 6.86. The first-order chi connectivity index (χ1) is 10.6. The zero-order chi connectivity index (χ0) is 15.7. The fourth-order valence-electron chi connectivity index (χ4n) is 4.00. The maximum Gasteiger partial charge on any atom is 0.225 e. The molecule has 1 amide bonds. The van der Waals surface area contributed by atoms with Crippen molar-refractivity contribution in [2.24, 2.45) is 23.5 Å². The van der Waals surface area contributed by atoms with Crippen LogP contribution in [0.5, 0.6) is 5.75 Å². The summed E-state index contributed by atoms with van der Waals surface area (Å²) in [7, 11) is 1.66. The molecular weight excluding hydrogens is 312 g/mol. The molecule has 4 atom stereocenters. The number of likely N-dealkylation sites (tertiary alicyclic amines) is 1. The Morgan fingerprint density at radius 2 is 2.00 bits per heavy atom. The van der Waals surface area contributed by atoms with E-state index in [9.17, 15) is 4.79 Å². The van der Waals surface area contributed by atoms with E-state index < -0.39 is 0 Å². The minimum Gasteiger partial charge on any atom is -0.497 e. The highest BCUT2D eigenvalue weighted by Gasteiger charge is 2.42. The fraction of sp³-hybridized carbons (Fsp3) is 0.611. The predicted octanol–water partition coefficient (Wildman–Crippen LogP) is 2.49. The minimum absolute atomic E-state index is 0. The van der Waals surface area contributed by atoms with Gasteiger partial charge in [-0.15, -0.1) is 12.4 Å². The standard InChI is InChI=1S/C18H26N2O2.ClH/c1-12(9-13-3-6-15(22-2)7-4-13)18(21)20-10-14-5-8-17(19)16(14)11-20;/h3-4,6-7,12,14,16-17H,5,8-11,19H2,1-2H3;1H. The SMILES string of the molecule is COc1ccc(CC(C)C(=O)N2CC3CCC(N)C3C2)cc1.Cl. The van der Waals surface area contributed by atoms with Crippen molar-refractivity contribution in [3.05, 3.63) is 29.8 Å². The lowest BCUT2D eigenvalue weighted by molar-refractivity contribution is -0.134. The molecule has 3 rings (SSSR count). The Morgan fingerprint density at radius 3 is 2.61 bits per heavy atom. The number of carbonyl (C=O) groups is 1. The van der Waals surface area contributed by atoms with Gasteiger partial charge in [-0.05, 0) is 48.8 Å². The van der Waals surface area contributed by atoms with Gasteiger partial charge in [0.1, 0.15) is 5.75 Å². The van der Waals surface area contributed by atoms with E-state index in [1.54, 1.807) is 7.11 Å². The topological polar surface area (TPSA) is 55.6 Å². The smallest absolute Gasteiger partial charge is 0.225 e. The van der Waals surface area contributed by atoms with Crippen molar-refractivity contribution in [2.45, 2.75) is 32.2 Å². The van der Waals surface area contributed by atoms with E-state index >= 15 is 0 Å². The first kappa shape index (κ1) is 18.1. The molecule has 2 aliphatic rings. The third-order valence-electron chi connectivity index (χ3n) is 5.35. The first-order valence-electron chi connectivity index (χ1n) is 8.25. The molecule has 4 nitrogen and oxygen atoms in total. The van der Waals surface area contributed by atoms with Gasteiger partial charge in [-0.1, -0.05) is 19.1 Å². The van der Waals surface area contributed by atoms with E-state index in [2.05, 4.69) is 0 Å². The highest BCUT2D eigenvalue weighted by atomic mass is 35.5. The number of rotatable bonds is 4. The quantitative estimate of drug-likeness (QED) is 0.917. The minimum atomic E-state index is 0. The van der Waals surface area contributed by atoms with Crippen LogP contribution in [0.1, 0.15) is 25.3 Å². The maximum atomic E-state index is 12.7. The molecule has 2 N–H and O–H groups in total. The van der Waals surface area contributed by atoms with E-state index in [4.69, 9.17) is 10.5 Å². The summed E-state index contributed by atoms with van der Waals surface area (Å²) in [6.07, 6.45) is 3.09. The molecule has 1 aromatic rings. The number of benzene rings is 1. The summed E-state index contributed by atoms with van der Waals surface area (Å²) in [5.74, 6) is 2.30. The van der Waals surface area contributed by atoms with E-state index in [0.29, 0.717) is 17.9 Å². The zero-order valence-corrected chi connectivity index (χ0v) is 14.7. The van der Waals surface area contributed by atoms with Gasteiger partial charge < -0.3 is 15.4 Å². The second kappa shape index (κ2) is 7.54. The number of hydrogen-bond donors (Lipinski definition) is 1. The molecule has 0 radical (unpaired) electrons. The molecule has 4 unspecified atom stereocenters. The number of halogens is 1. The van der Waals surface area contributed by atoms with Crippen molar-refractivity contribution in [3.8, 4) is 5.75 Å². The predicted molar refractivity (Wildman–Crippen MR) is 93.9 cm³/mol. The van der Waals surface area contributed by atoms with Crippen LogP contribution in [0.4, 0.5) is 0 Å². The Labute approximate surface area is 144 Å². The molecule has 1 saturated heterocycles. The lowest BCUT2D eigenvalue weighted by Gasteiger charge is -2.22. The van der Waals surface area contributed by atoms with Crippen molar-refractivity contribution < 1.29 is 9.53 Å². The van der Waals surface area contributed by atoms with Crippen molar-refractivity contribution in [3.63, 3.8) is 0 Å². The number of methoxy groups -OCH3 is 1. The van der Waals surface area contributed by atoms with Gasteiger partial charge in [0.25, 0.3) is 0 Å². The van der Waals surface area contributed by atoms with Gasteiger partial charge in [0.2, 0.25) is 5.91 Å². The van der Waals surface area contributed by atoms with Gasteiger partial charge in [-0.25, -0.2) is 0 Å². The molecular formula is C18H27ClN2O2. The van der Waals surface area contributed by atoms with Crippen molar-refractivity contribution in [2.75, 3.05) is 20.2 Å². The van der Waals surface area contributed by atoms with Gasteiger partial charge in [-0.2, -0.15) is 0 Å². The first-order valence-corrected chi connectivity index (χ1v) is 8.25. The Bertz CT molecular complexity index is 534. The molecule has 128 valence electrons. The summed E-state index contributed by atoms with van der Waals surface area (Å²) in [5.41, 5.74) is 7.34. The van der Waals surface area contributed by atoms with Gasteiger partial charge >= 0.3 is 0 Å². The zero-order valence-electron chi connectivity index (χ0n) is 13.9. The number of nitrogens with two attached hydrogens (primary N) is 1. The molecule has 2 fully saturated rings. The summed E-state index contributed by atoms with van der Waals surface area (Å²) in [6.45, 7) is 3.79. The highest BCUT2D eigenvalue weighted by Crippen LogP contribution is 2.37. The number of hydrogen-bond acceptors (Lipinski definition) is 3. The Morgan fingerprint density at radius 1 is 1.30 bits per heavy atom.